The van der Waals surface area contributed by atoms with Crippen molar-refractivity contribution in [1.82, 2.24) is 10.2 Å². The molecule has 4 aromatic rings. The summed E-state index contributed by atoms with van der Waals surface area (Å²) in [6, 6.07) is 22.7. The van der Waals surface area contributed by atoms with Crippen LogP contribution in [0.5, 0.6) is 0 Å². The zero-order chi connectivity index (χ0) is 34.4. The molecule has 0 saturated carbocycles. The third-order valence-electron chi connectivity index (χ3n) is 7.35. The van der Waals surface area contributed by atoms with Crippen LogP contribution in [-0.2, 0) is 38.8 Å². The normalized spacial score (nSPS) is 12.3. The predicted octanol–water partition coefficient (Wildman–Crippen LogP) is 7.29. The number of halogens is 5. The number of carbonyl (C=O) groups is 2. The molecule has 0 aliphatic carbocycles. The molecule has 0 radical (unpaired) electrons. The van der Waals surface area contributed by atoms with Crippen LogP contribution in [0.15, 0.2) is 102 Å². The second-order valence-corrected chi connectivity index (χ2v) is 13.4. The number of hydrogen-bond acceptors (Lipinski definition) is 4. The van der Waals surface area contributed by atoms with E-state index in [1.54, 1.807) is 68.4 Å². The van der Waals surface area contributed by atoms with E-state index in [-0.39, 0.29) is 24.4 Å². The molecule has 0 fully saturated rings. The van der Waals surface area contributed by atoms with Crippen molar-refractivity contribution in [2.45, 2.75) is 43.9 Å². The number of hydrogen-bond donors (Lipinski definition) is 1. The van der Waals surface area contributed by atoms with E-state index in [0.717, 1.165) is 23.3 Å². The van der Waals surface area contributed by atoms with E-state index in [4.69, 9.17) is 23.2 Å². The smallest absolute Gasteiger partial charge is 0.355 e. The molecule has 1 N–H and O–H groups in total. The molecule has 47 heavy (non-hydrogen) atoms. The quantitative estimate of drug-likeness (QED) is 0.168. The number of rotatable bonds is 12. The number of alkyl halides is 3. The number of nitrogens with zero attached hydrogens (tertiary/aromatic N) is 2. The largest absolute Gasteiger partial charge is 0.417 e. The first-order chi connectivity index (χ1) is 22.2. The van der Waals surface area contributed by atoms with Crippen molar-refractivity contribution in [3.8, 4) is 0 Å². The lowest BCUT2D eigenvalue weighted by Crippen LogP contribution is -2.53. The average molecular weight is 707 g/mol. The molecule has 1 atom stereocenters. The van der Waals surface area contributed by atoms with E-state index < -0.39 is 56.9 Å². The van der Waals surface area contributed by atoms with Gasteiger partial charge in [0.05, 0.1) is 21.2 Å². The highest BCUT2D eigenvalue weighted by molar-refractivity contribution is 7.92. The fraction of sp³-hybridized carbons (Fsp3) is 0.235. The minimum absolute atomic E-state index is 0.0622. The molecule has 4 rings (SSSR count). The lowest BCUT2D eigenvalue weighted by molar-refractivity contribution is -0.140. The Hall–Kier alpha value is -4.06. The van der Waals surface area contributed by atoms with Crippen molar-refractivity contribution in [2.24, 2.45) is 0 Å². The van der Waals surface area contributed by atoms with Gasteiger partial charge >= 0.3 is 6.18 Å². The van der Waals surface area contributed by atoms with Crippen LogP contribution < -0.4 is 9.62 Å². The molecule has 0 aromatic heterocycles. The van der Waals surface area contributed by atoms with Gasteiger partial charge in [0.15, 0.2) is 0 Å². The Morgan fingerprint density at radius 2 is 1.51 bits per heavy atom. The maximum atomic E-state index is 14.4. The Balaban J connectivity index is 1.87. The number of carbonyl (C=O) groups excluding carboxylic acids is 2. The molecule has 0 heterocycles. The van der Waals surface area contributed by atoms with Crippen LogP contribution in [-0.4, -0.2) is 44.3 Å². The summed E-state index contributed by atoms with van der Waals surface area (Å²) in [6.45, 7) is 2.57. The van der Waals surface area contributed by atoms with E-state index in [1.807, 2.05) is 0 Å². The highest BCUT2D eigenvalue weighted by Gasteiger charge is 2.37. The molecule has 1 unspecified atom stereocenters. The highest BCUT2D eigenvalue weighted by Crippen LogP contribution is 2.38. The monoisotopic (exact) mass is 705 g/mol. The zero-order valence-corrected chi connectivity index (χ0v) is 27.8. The van der Waals surface area contributed by atoms with Gasteiger partial charge in [0, 0.05) is 24.5 Å². The number of anilines is 1. The maximum Gasteiger partial charge on any atom is 0.417 e. The first-order valence-electron chi connectivity index (χ1n) is 14.5. The summed E-state index contributed by atoms with van der Waals surface area (Å²) in [5.74, 6) is -1.35. The highest BCUT2D eigenvalue weighted by atomic mass is 35.5. The minimum Gasteiger partial charge on any atom is -0.355 e. The van der Waals surface area contributed by atoms with Gasteiger partial charge in [0.2, 0.25) is 11.8 Å². The first-order valence-corrected chi connectivity index (χ1v) is 16.7. The second kappa shape index (κ2) is 15.2. The van der Waals surface area contributed by atoms with Gasteiger partial charge < -0.3 is 10.2 Å². The van der Waals surface area contributed by atoms with Gasteiger partial charge in [-0.3, -0.25) is 13.9 Å². The fourth-order valence-corrected chi connectivity index (χ4v) is 6.73. The van der Waals surface area contributed by atoms with Crippen molar-refractivity contribution in [3.05, 3.63) is 129 Å². The van der Waals surface area contributed by atoms with Crippen molar-refractivity contribution >= 4 is 50.7 Å². The van der Waals surface area contributed by atoms with Crippen molar-refractivity contribution in [1.29, 1.82) is 0 Å². The van der Waals surface area contributed by atoms with E-state index in [1.165, 1.54) is 29.2 Å². The molecular formula is C34H32Cl2F3N3O4S. The molecule has 248 valence electrons. The number of nitrogens with one attached hydrogen (secondary N) is 1. The minimum atomic E-state index is -4.91. The summed E-state index contributed by atoms with van der Waals surface area (Å²) in [6.07, 6.45) is -4.85. The van der Waals surface area contributed by atoms with Crippen molar-refractivity contribution < 1.29 is 31.2 Å². The van der Waals surface area contributed by atoms with Crippen LogP contribution in [0, 0.1) is 6.92 Å². The molecular weight excluding hydrogens is 674 g/mol. The Morgan fingerprint density at radius 1 is 0.872 bits per heavy atom. The Bertz CT molecular complexity index is 1820. The van der Waals surface area contributed by atoms with Gasteiger partial charge in [-0.2, -0.15) is 13.2 Å². The Morgan fingerprint density at radius 3 is 2.13 bits per heavy atom. The number of sulfonamides is 1. The number of amides is 2. The third kappa shape index (κ3) is 8.85. The van der Waals surface area contributed by atoms with E-state index in [2.05, 4.69) is 5.32 Å². The van der Waals surface area contributed by atoms with Gasteiger partial charge in [-0.25, -0.2) is 8.42 Å². The molecule has 0 aliphatic rings. The van der Waals surface area contributed by atoms with Crippen LogP contribution in [0.2, 0.25) is 10.0 Å². The topological polar surface area (TPSA) is 86.8 Å². The van der Waals surface area contributed by atoms with Crippen LogP contribution in [0.3, 0.4) is 0 Å². The molecule has 13 heteroatoms. The Labute approximate surface area is 282 Å². The molecule has 7 nitrogen and oxygen atoms in total. The second-order valence-electron chi connectivity index (χ2n) is 10.7. The van der Waals surface area contributed by atoms with Crippen molar-refractivity contribution in [3.63, 3.8) is 0 Å². The summed E-state index contributed by atoms with van der Waals surface area (Å²) < 4.78 is 70.5. The summed E-state index contributed by atoms with van der Waals surface area (Å²) >= 11 is 12.3. The predicted molar refractivity (Wildman–Crippen MR) is 177 cm³/mol. The third-order valence-corrected chi connectivity index (χ3v) is 9.84. The summed E-state index contributed by atoms with van der Waals surface area (Å²) in [7, 11) is -4.62. The molecule has 2 amide bonds. The van der Waals surface area contributed by atoms with Crippen LogP contribution >= 0.6 is 23.2 Å². The standard InChI is InChI=1S/C34H32Cl2F3N3O4S/c1-3-40-33(44)31(19-24-9-5-4-6-10-24)41(21-25-11-7-8-12-29(25)35)32(43)22-42(47(45,46)27-16-13-23(2)14-17-27)26-15-18-30(36)28(20-26)34(37,38)39/h4-18,20,31H,3,19,21-22H2,1-2H3,(H,40,44). The SMILES string of the molecule is CCNC(=O)C(Cc1ccccc1)N(Cc1ccccc1Cl)C(=O)CN(c1ccc(Cl)c(C(F)(F)F)c1)S(=O)(=O)c1ccc(C)cc1. The summed E-state index contributed by atoms with van der Waals surface area (Å²) in [4.78, 5) is 28.9. The Kier molecular flexibility index (Phi) is 11.6. The maximum absolute atomic E-state index is 14.4. The van der Waals surface area contributed by atoms with E-state index in [9.17, 15) is 31.2 Å². The van der Waals surface area contributed by atoms with Crippen LogP contribution in [0.4, 0.5) is 18.9 Å². The number of benzene rings is 4. The lowest BCUT2D eigenvalue weighted by atomic mass is 10.0. The number of aryl methyl sites for hydroxylation is 1. The first kappa shape index (κ1) is 35.8. The van der Waals surface area contributed by atoms with E-state index in [0.29, 0.717) is 21.0 Å². The van der Waals surface area contributed by atoms with Gasteiger partial charge in [0.1, 0.15) is 12.6 Å². The molecule has 0 aliphatic heterocycles. The molecule has 0 bridgehead atoms. The van der Waals surface area contributed by atoms with E-state index >= 15 is 0 Å². The van der Waals surface area contributed by atoms with Crippen LogP contribution in [0.25, 0.3) is 0 Å². The van der Waals surface area contributed by atoms with Gasteiger partial charge in [-0.15, -0.1) is 0 Å². The van der Waals surface area contributed by atoms with Gasteiger partial charge in [-0.05, 0) is 61.4 Å². The summed E-state index contributed by atoms with van der Waals surface area (Å²) in [5, 5.41) is 2.40. The average Bonchev–Trinajstić information content (AvgIpc) is 3.03. The zero-order valence-electron chi connectivity index (χ0n) is 25.5. The lowest BCUT2D eigenvalue weighted by Gasteiger charge is -2.34. The molecule has 4 aromatic carbocycles. The number of likely N-dealkylation sites (N-methyl/N-ethyl adjacent to an activating group) is 1. The van der Waals surface area contributed by atoms with Gasteiger partial charge in [0.25, 0.3) is 10.0 Å². The summed E-state index contributed by atoms with van der Waals surface area (Å²) in [5.41, 5.74) is 0.228. The van der Waals surface area contributed by atoms with Crippen molar-refractivity contribution in [2.75, 3.05) is 17.4 Å². The molecule has 0 spiro atoms. The van der Waals surface area contributed by atoms with Crippen LogP contribution in [0.1, 0.15) is 29.2 Å². The fourth-order valence-electron chi connectivity index (χ4n) is 4.91. The van der Waals surface area contributed by atoms with Gasteiger partial charge in [-0.1, -0.05) is 89.4 Å². The molecule has 0 saturated heterocycles.